The van der Waals surface area contributed by atoms with E-state index in [9.17, 15) is 13.2 Å². The summed E-state index contributed by atoms with van der Waals surface area (Å²) in [5, 5.41) is 1.76. The van der Waals surface area contributed by atoms with E-state index in [4.69, 9.17) is 4.74 Å². The quantitative estimate of drug-likeness (QED) is 0.615. The number of rotatable bonds is 5. The molecule has 1 aliphatic heterocycles. The molecule has 0 saturated carbocycles. The van der Waals surface area contributed by atoms with Crippen molar-refractivity contribution in [1.29, 1.82) is 0 Å². The van der Waals surface area contributed by atoms with E-state index >= 15 is 0 Å². The summed E-state index contributed by atoms with van der Waals surface area (Å²) < 4.78 is 32.7. The van der Waals surface area contributed by atoms with E-state index in [0.717, 1.165) is 16.7 Å². The molecule has 1 fully saturated rings. The molecule has 2 aromatic rings. The van der Waals surface area contributed by atoms with E-state index in [1.165, 1.54) is 21.2 Å². The van der Waals surface area contributed by atoms with Crippen LogP contribution in [0.25, 0.3) is 0 Å². The maximum Gasteiger partial charge on any atom is 0.309 e. The van der Waals surface area contributed by atoms with Gasteiger partial charge in [-0.05, 0) is 65.8 Å². The fourth-order valence-corrected chi connectivity index (χ4v) is 6.40. The van der Waals surface area contributed by atoms with Gasteiger partial charge < -0.3 is 4.74 Å². The molecule has 30 heavy (non-hydrogen) atoms. The molecule has 0 aliphatic carbocycles. The summed E-state index contributed by atoms with van der Waals surface area (Å²) in [5.74, 6) is -0.490. The molecular formula is C23H31NO4S2. The Labute approximate surface area is 184 Å². The molecule has 0 amide bonds. The van der Waals surface area contributed by atoms with Crippen LogP contribution in [0.2, 0.25) is 0 Å². The molecule has 0 radical (unpaired) electrons. The minimum absolute atomic E-state index is 0.0716. The largest absolute Gasteiger partial charge is 0.461 e. The van der Waals surface area contributed by atoms with Gasteiger partial charge in [0.2, 0.25) is 0 Å². The number of ether oxygens (including phenoxy) is 1. The normalized spacial score (nSPS) is 16.6. The zero-order chi connectivity index (χ0) is 22.1. The third kappa shape index (κ3) is 4.95. The minimum Gasteiger partial charge on any atom is -0.461 e. The average molecular weight is 450 g/mol. The van der Waals surface area contributed by atoms with Crippen LogP contribution in [0, 0.1) is 19.8 Å². The van der Waals surface area contributed by atoms with Crippen LogP contribution in [0.5, 0.6) is 0 Å². The average Bonchev–Trinajstić information content (AvgIpc) is 3.22. The predicted octanol–water partition coefficient (Wildman–Crippen LogP) is 4.81. The summed E-state index contributed by atoms with van der Waals surface area (Å²) in [4.78, 5) is 12.6. The van der Waals surface area contributed by atoms with Crippen LogP contribution in [-0.2, 0) is 31.6 Å². The highest BCUT2D eigenvalue weighted by molar-refractivity contribution is 7.91. The number of piperidine rings is 1. The maximum atomic E-state index is 12.6. The highest BCUT2D eigenvalue weighted by atomic mass is 32.2. The summed E-state index contributed by atoms with van der Waals surface area (Å²) in [6, 6.07) is 7.70. The summed E-state index contributed by atoms with van der Waals surface area (Å²) in [6.45, 7) is 11.6. The fourth-order valence-electron chi connectivity index (χ4n) is 3.78. The minimum atomic E-state index is -3.45. The van der Waals surface area contributed by atoms with Gasteiger partial charge in [-0.2, -0.15) is 4.31 Å². The Bertz CT molecular complexity index is 973. The Hall–Kier alpha value is -1.70. The molecule has 2 heterocycles. The van der Waals surface area contributed by atoms with Gasteiger partial charge in [0.15, 0.2) is 0 Å². The lowest BCUT2D eigenvalue weighted by atomic mass is 9.84. The molecule has 7 heteroatoms. The Morgan fingerprint density at radius 2 is 1.77 bits per heavy atom. The molecule has 3 rings (SSSR count). The molecule has 1 aliphatic rings. The fraction of sp³-hybridized carbons (Fsp3) is 0.522. The van der Waals surface area contributed by atoms with Crippen molar-refractivity contribution < 1.29 is 17.9 Å². The van der Waals surface area contributed by atoms with Crippen LogP contribution in [0.1, 0.15) is 55.9 Å². The second-order valence-corrected chi connectivity index (χ2v) is 12.2. The number of aryl methyl sites for hydroxylation is 2. The third-order valence-electron chi connectivity index (χ3n) is 5.80. The predicted molar refractivity (Wildman–Crippen MR) is 120 cm³/mol. The van der Waals surface area contributed by atoms with Crippen LogP contribution in [0.15, 0.2) is 33.9 Å². The van der Waals surface area contributed by atoms with Gasteiger partial charge in [0, 0.05) is 13.1 Å². The third-order valence-corrected chi connectivity index (χ3v) is 9.07. The van der Waals surface area contributed by atoms with Gasteiger partial charge >= 0.3 is 5.97 Å². The van der Waals surface area contributed by atoms with E-state index in [1.54, 1.807) is 17.5 Å². The van der Waals surface area contributed by atoms with Crippen molar-refractivity contribution in [2.45, 2.75) is 63.7 Å². The van der Waals surface area contributed by atoms with Crippen molar-refractivity contribution in [3.05, 3.63) is 51.9 Å². The number of carbonyl (C=O) groups excluding carboxylic acids is 1. The Morgan fingerprint density at radius 3 is 2.27 bits per heavy atom. The van der Waals surface area contributed by atoms with E-state index in [1.807, 2.05) is 0 Å². The first kappa shape index (κ1) is 23.0. The van der Waals surface area contributed by atoms with Gasteiger partial charge in [0.05, 0.1) is 5.92 Å². The van der Waals surface area contributed by atoms with Crippen molar-refractivity contribution in [1.82, 2.24) is 4.31 Å². The summed E-state index contributed by atoms with van der Waals surface area (Å²) in [5.41, 5.74) is 4.65. The van der Waals surface area contributed by atoms with Crippen molar-refractivity contribution in [3.8, 4) is 0 Å². The van der Waals surface area contributed by atoms with Gasteiger partial charge in [0.25, 0.3) is 10.0 Å². The standard InChI is InChI=1S/C23H31NO4S2/c1-16-13-19(23(3,4)5)14-17(2)20(16)15-28-22(25)18-8-10-24(11-9-18)30(26,27)21-7-6-12-29-21/h6-7,12-14,18H,8-11,15H2,1-5H3. The Morgan fingerprint density at radius 1 is 1.17 bits per heavy atom. The van der Waals surface area contributed by atoms with Crippen molar-refractivity contribution in [3.63, 3.8) is 0 Å². The molecule has 0 bridgehead atoms. The molecule has 1 aromatic carbocycles. The number of benzene rings is 1. The summed E-state index contributed by atoms with van der Waals surface area (Å²) in [6.07, 6.45) is 0.981. The molecule has 0 unspecified atom stereocenters. The Balaban J connectivity index is 1.58. The SMILES string of the molecule is Cc1cc(C(C)(C)C)cc(C)c1COC(=O)C1CCN(S(=O)(=O)c2cccs2)CC1. The Kier molecular flexibility index (Phi) is 6.75. The van der Waals surface area contributed by atoms with E-state index < -0.39 is 10.0 Å². The molecule has 5 nitrogen and oxygen atoms in total. The maximum absolute atomic E-state index is 12.6. The van der Waals surface area contributed by atoms with Gasteiger partial charge in [-0.3, -0.25) is 4.79 Å². The van der Waals surface area contributed by atoms with Gasteiger partial charge in [-0.15, -0.1) is 11.3 Å². The van der Waals surface area contributed by atoms with Crippen LogP contribution in [0.3, 0.4) is 0 Å². The van der Waals surface area contributed by atoms with Crippen LogP contribution in [0.4, 0.5) is 0 Å². The first-order chi connectivity index (χ1) is 14.0. The van der Waals surface area contributed by atoms with E-state index in [-0.39, 0.29) is 23.9 Å². The number of carbonyl (C=O) groups is 1. The van der Waals surface area contributed by atoms with Gasteiger partial charge in [-0.25, -0.2) is 8.42 Å². The number of hydrogen-bond donors (Lipinski definition) is 0. The molecular weight excluding hydrogens is 418 g/mol. The molecule has 1 saturated heterocycles. The lowest BCUT2D eigenvalue weighted by Crippen LogP contribution is -2.40. The molecule has 0 N–H and O–H groups in total. The van der Waals surface area contributed by atoms with Crippen molar-refractivity contribution >= 4 is 27.3 Å². The van der Waals surface area contributed by atoms with Crippen LogP contribution >= 0.6 is 11.3 Å². The lowest BCUT2D eigenvalue weighted by molar-refractivity contribution is -0.151. The number of hydrogen-bond acceptors (Lipinski definition) is 5. The number of sulfonamides is 1. The summed E-state index contributed by atoms with van der Waals surface area (Å²) in [7, 11) is -3.45. The zero-order valence-corrected chi connectivity index (χ0v) is 20.0. The van der Waals surface area contributed by atoms with Gasteiger partial charge in [0.1, 0.15) is 10.8 Å². The molecule has 1 aromatic heterocycles. The second kappa shape index (κ2) is 8.81. The van der Waals surface area contributed by atoms with Crippen LogP contribution < -0.4 is 0 Å². The lowest BCUT2D eigenvalue weighted by Gasteiger charge is -2.29. The first-order valence-corrected chi connectivity index (χ1v) is 12.6. The smallest absolute Gasteiger partial charge is 0.309 e. The number of thiophene rings is 1. The molecule has 0 spiro atoms. The topological polar surface area (TPSA) is 63.7 Å². The van der Waals surface area contributed by atoms with E-state index in [0.29, 0.717) is 30.1 Å². The number of nitrogens with zero attached hydrogens (tertiary/aromatic N) is 1. The number of esters is 1. The first-order valence-electron chi connectivity index (χ1n) is 10.3. The molecule has 0 atom stereocenters. The van der Waals surface area contributed by atoms with Gasteiger partial charge in [-0.1, -0.05) is 39.0 Å². The monoisotopic (exact) mass is 449 g/mol. The highest BCUT2D eigenvalue weighted by Crippen LogP contribution is 2.29. The second-order valence-electron chi connectivity index (χ2n) is 9.06. The zero-order valence-electron chi connectivity index (χ0n) is 18.4. The van der Waals surface area contributed by atoms with Crippen molar-refractivity contribution in [2.24, 2.45) is 5.92 Å². The summed E-state index contributed by atoms with van der Waals surface area (Å²) >= 11 is 1.22. The highest BCUT2D eigenvalue weighted by Gasteiger charge is 2.33. The molecule has 164 valence electrons. The van der Waals surface area contributed by atoms with E-state index in [2.05, 4.69) is 46.8 Å². The van der Waals surface area contributed by atoms with Crippen LogP contribution in [-0.4, -0.2) is 31.8 Å². The van der Waals surface area contributed by atoms with Crippen molar-refractivity contribution in [2.75, 3.05) is 13.1 Å².